The minimum atomic E-state index is 0.248. The summed E-state index contributed by atoms with van der Waals surface area (Å²) < 4.78 is 0. The molecule has 0 atom stereocenters. The van der Waals surface area contributed by atoms with Crippen LogP contribution in [-0.2, 0) is 4.79 Å². The summed E-state index contributed by atoms with van der Waals surface area (Å²) in [4.78, 5) is 15.9. The summed E-state index contributed by atoms with van der Waals surface area (Å²) >= 11 is 6.05. The number of rotatable bonds is 2. The average molecular weight is 267 g/mol. The summed E-state index contributed by atoms with van der Waals surface area (Å²) in [5.74, 6) is 0.248. The molecule has 0 radical (unpaired) electrons. The number of hydrogen-bond donors (Lipinski definition) is 0. The summed E-state index contributed by atoms with van der Waals surface area (Å²) in [7, 11) is 0. The lowest BCUT2D eigenvalue weighted by atomic mass is 10.1. The minimum Gasteiger partial charge on any atom is -0.368 e. The highest BCUT2D eigenvalue weighted by Gasteiger charge is 2.20. The van der Waals surface area contributed by atoms with Crippen molar-refractivity contribution in [3.05, 3.63) is 28.8 Å². The zero-order valence-electron chi connectivity index (χ0n) is 10.9. The molecule has 0 saturated carbocycles. The predicted octanol–water partition coefficient (Wildman–Crippen LogP) is 2.71. The lowest BCUT2D eigenvalue weighted by molar-refractivity contribution is -0.131. The summed E-state index contributed by atoms with van der Waals surface area (Å²) in [6.45, 7) is 7.38. The number of halogens is 1. The van der Waals surface area contributed by atoms with E-state index in [1.165, 1.54) is 11.3 Å². The van der Waals surface area contributed by atoms with Crippen LogP contribution in [0.1, 0.15) is 18.9 Å². The first-order valence-corrected chi connectivity index (χ1v) is 6.78. The SMILES string of the molecule is CCC(=O)N1CCN(c2cc(Cl)ccc2C)CC1. The van der Waals surface area contributed by atoms with E-state index in [2.05, 4.69) is 11.8 Å². The number of anilines is 1. The number of carbonyl (C=O) groups excluding carboxylic acids is 1. The van der Waals surface area contributed by atoms with Crippen molar-refractivity contribution in [2.45, 2.75) is 20.3 Å². The maximum Gasteiger partial charge on any atom is 0.222 e. The van der Waals surface area contributed by atoms with Crippen molar-refractivity contribution >= 4 is 23.2 Å². The molecule has 1 aromatic carbocycles. The Hall–Kier alpha value is -1.22. The van der Waals surface area contributed by atoms with Gasteiger partial charge in [-0.15, -0.1) is 0 Å². The number of hydrogen-bond acceptors (Lipinski definition) is 2. The second kappa shape index (κ2) is 5.61. The number of benzene rings is 1. The molecule has 4 heteroatoms. The topological polar surface area (TPSA) is 23.6 Å². The van der Waals surface area contributed by atoms with E-state index < -0.39 is 0 Å². The second-order valence-corrected chi connectivity index (χ2v) is 5.09. The van der Waals surface area contributed by atoms with Crippen LogP contribution >= 0.6 is 11.6 Å². The molecule has 1 aromatic rings. The normalized spacial score (nSPS) is 15.9. The molecule has 0 N–H and O–H groups in total. The highest BCUT2D eigenvalue weighted by Crippen LogP contribution is 2.25. The van der Waals surface area contributed by atoms with Gasteiger partial charge in [-0.05, 0) is 24.6 Å². The van der Waals surface area contributed by atoms with Gasteiger partial charge in [-0.3, -0.25) is 4.79 Å². The van der Waals surface area contributed by atoms with Crippen molar-refractivity contribution in [2.75, 3.05) is 31.1 Å². The lowest BCUT2D eigenvalue weighted by Gasteiger charge is -2.36. The van der Waals surface area contributed by atoms with Crippen LogP contribution in [-0.4, -0.2) is 37.0 Å². The molecule has 0 aromatic heterocycles. The Kier molecular flexibility index (Phi) is 4.12. The van der Waals surface area contributed by atoms with Gasteiger partial charge in [0.15, 0.2) is 0 Å². The van der Waals surface area contributed by atoms with Crippen LogP contribution in [0.2, 0.25) is 5.02 Å². The third-order valence-corrected chi connectivity index (χ3v) is 3.68. The summed E-state index contributed by atoms with van der Waals surface area (Å²) in [6.07, 6.45) is 0.593. The van der Waals surface area contributed by atoms with E-state index in [1.807, 2.05) is 30.0 Å². The first-order valence-electron chi connectivity index (χ1n) is 6.40. The number of piperazine rings is 1. The van der Waals surface area contributed by atoms with E-state index in [-0.39, 0.29) is 5.91 Å². The highest BCUT2D eigenvalue weighted by atomic mass is 35.5. The molecule has 0 unspecified atom stereocenters. The van der Waals surface area contributed by atoms with Gasteiger partial charge in [-0.2, -0.15) is 0 Å². The van der Waals surface area contributed by atoms with Gasteiger partial charge in [0.2, 0.25) is 5.91 Å². The standard InChI is InChI=1S/C14H19ClN2O/c1-3-14(18)17-8-6-16(7-9-17)13-10-12(15)5-4-11(13)2/h4-5,10H,3,6-9H2,1-2H3. The Labute approximate surface area is 113 Å². The van der Waals surface area contributed by atoms with E-state index >= 15 is 0 Å². The third-order valence-electron chi connectivity index (χ3n) is 3.45. The number of amides is 1. The zero-order chi connectivity index (χ0) is 13.1. The molecule has 0 aliphatic carbocycles. The Morgan fingerprint density at radius 3 is 2.56 bits per heavy atom. The molecule has 1 heterocycles. The summed E-state index contributed by atoms with van der Waals surface area (Å²) in [6, 6.07) is 5.96. The highest BCUT2D eigenvalue weighted by molar-refractivity contribution is 6.30. The zero-order valence-corrected chi connectivity index (χ0v) is 11.7. The van der Waals surface area contributed by atoms with Gasteiger partial charge in [0.1, 0.15) is 0 Å². The maximum absolute atomic E-state index is 11.6. The molecule has 3 nitrogen and oxygen atoms in total. The molecular weight excluding hydrogens is 248 g/mol. The number of aryl methyl sites for hydroxylation is 1. The van der Waals surface area contributed by atoms with Crippen molar-refractivity contribution in [1.82, 2.24) is 4.90 Å². The van der Waals surface area contributed by atoms with Gasteiger partial charge in [-0.25, -0.2) is 0 Å². The monoisotopic (exact) mass is 266 g/mol. The number of carbonyl (C=O) groups is 1. The van der Waals surface area contributed by atoms with Gasteiger partial charge in [0.25, 0.3) is 0 Å². The van der Waals surface area contributed by atoms with Gasteiger partial charge < -0.3 is 9.80 Å². The fourth-order valence-electron chi connectivity index (χ4n) is 2.34. The fourth-order valence-corrected chi connectivity index (χ4v) is 2.51. The first-order chi connectivity index (χ1) is 8.61. The smallest absolute Gasteiger partial charge is 0.222 e. The van der Waals surface area contributed by atoms with Crippen molar-refractivity contribution in [3.8, 4) is 0 Å². The van der Waals surface area contributed by atoms with E-state index in [9.17, 15) is 4.79 Å². The van der Waals surface area contributed by atoms with E-state index in [0.29, 0.717) is 6.42 Å². The van der Waals surface area contributed by atoms with Crippen LogP contribution < -0.4 is 4.90 Å². The van der Waals surface area contributed by atoms with Gasteiger partial charge in [0, 0.05) is 43.3 Å². The molecule has 0 bridgehead atoms. The van der Waals surface area contributed by atoms with Crippen LogP contribution in [0.5, 0.6) is 0 Å². The minimum absolute atomic E-state index is 0.248. The molecule has 1 fully saturated rings. The molecule has 2 rings (SSSR count). The third kappa shape index (κ3) is 2.78. The second-order valence-electron chi connectivity index (χ2n) is 4.65. The van der Waals surface area contributed by atoms with E-state index in [0.717, 1.165) is 31.2 Å². The lowest BCUT2D eigenvalue weighted by Crippen LogP contribution is -2.48. The van der Waals surface area contributed by atoms with Crippen LogP contribution in [0.25, 0.3) is 0 Å². The summed E-state index contributed by atoms with van der Waals surface area (Å²) in [5, 5.41) is 0.766. The molecule has 1 saturated heterocycles. The van der Waals surface area contributed by atoms with E-state index in [1.54, 1.807) is 0 Å². The Morgan fingerprint density at radius 2 is 1.94 bits per heavy atom. The largest absolute Gasteiger partial charge is 0.368 e. The first kappa shape index (κ1) is 13.2. The Balaban J connectivity index is 2.05. The van der Waals surface area contributed by atoms with Gasteiger partial charge in [0.05, 0.1) is 0 Å². The van der Waals surface area contributed by atoms with Crippen molar-refractivity contribution < 1.29 is 4.79 Å². The molecule has 18 heavy (non-hydrogen) atoms. The quantitative estimate of drug-likeness (QED) is 0.822. The maximum atomic E-state index is 11.6. The van der Waals surface area contributed by atoms with Crippen molar-refractivity contribution in [3.63, 3.8) is 0 Å². The molecule has 98 valence electrons. The van der Waals surface area contributed by atoms with Crippen molar-refractivity contribution in [1.29, 1.82) is 0 Å². The van der Waals surface area contributed by atoms with Gasteiger partial charge in [-0.1, -0.05) is 24.6 Å². The molecule has 1 amide bonds. The molecule has 1 aliphatic rings. The number of nitrogens with zero attached hydrogens (tertiary/aromatic N) is 2. The van der Waals surface area contributed by atoms with Crippen molar-refractivity contribution in [2.24, 2.45) is 0 Å². The van der Waals surface area contributed by atoms with E-state index in [4.69, 9.17) is 11.6 Å². The summed E-state index contributed by atoms with van der Waals surface area (Å²) in [5.41, 5.74) is 2.42. The van der Waals surface area contributed by atoms with Gasteiger partial charge >= 0.3 is 0 Å². The predicted molar refractivity (Wildman–Crippen MR) is 75.3 cm³/mol. The van der Waals surface area contributed by atoms with Crippen LogP contribution in [0, 0.1) is 6.92 Å². The Morgan fingerprint density at radius 1 is 1.28 bits per heavy atom. The van der Waals surface area contributed by atoms with Crippen LogP contribution in [0.3, 0.4) is 0 Å². The molecule has 0 spiro atoms. The molecular formula is C14H19ClN2O. The fraction of sp³-hybridized carbons (Fsp3) is 0.500. The van der Waals surface area contributed by atoms with Crippen LogP contribution in [0.15, 0.2) is 18.2 Å². The molecule has 1 aliphatic heterocycles. The average Bonchev–Trinajstić information content (AvgIpc) is 2.41. The Bertz CT molecular complexity index is 439. The van der Waals surface area contributed by atoms with Crippen LogP contribution in [0.4, 0.5) is 5.69 Å².